The second-order valence-corrected chi connectivity index (χ2v) is 7.73. The first-order chi connectivity index (χ1) is 10.5. The van der Waals surface area contributed by atoms with Gasteiger partial charge in [-0.1, -0.05) is 30.5 Å². The average molecular weight is 323 g/mol. The summed E-state index contributed by atoms with van der Waals surface area (Å²) < 4.78 is 17.8. The van der Waals surface area contributed by atoms with Crippen molar-refractivity contribution in [2.75, 3.05) is 7.11 Å². The minimum atomic E-state index is -1.26. The molecule has 1 N–H and O–H groups in total. The molecule has 0 unspecified atom stereocenters. The zero-order valence-corrected chi connectivity index (χ0v) is 14.4. The van der Waals surface area contributed by atoms with Gasteiger partial charge in [-0.3, -0.25) is 9.00 Å². The number of hydrogen-bond donors (Lipinski definition) is 1. The van der Waals surface area contributed by atoms with Crippen LogP contribution in [0, 0.1) is 6.92 Å². The summed E-state index contributed by atoms with van der Waals surface area (Å²) in [5.41, 5.74) is 1.98. The number of amides is 1. The Kier molecular flexibility index (Phi) is 6.00. The SMILES string of the molecule is COc1ccc(C)cc1C[S@](=O)[C@H](C)C(=O)NC1CCCC1. The Morgan fingerprint density at radius 2 is 2.09 bits per heavy atom. The van der Waals surface area contributed by atoms with Gasteiger partial charge in [0.2, 0.25) is 5.91 Å². The van der Waals surface area contributed by atoms with Crippen LogP contribution in [0.15, 0.2) is 18.2 Å². The Hall–Kier alpha value is -1.36. The number of carbonyl (C=O) groups excluding carboxylic acids is 1. The number of ether oxygens (including phenoxy) is 1. The summed E-state index contributed by atoms with van der Waals surface area (Å²) in [6.07, 6.45) is 4.42. The molecule has 0 saturated heterocycles. The largest absolute Gasteiger partial charge is 0.496 e. The van der Waals surface area contributed by atoms with Gasteiger partial charge in [-0.05, 0) is 32.8 Å². The van der Waals surface area contributed by atoms with Gasteiger partial charge in [-0.15, -0.1) is 0 Å². The summed E-state index contributed by atoms with van der Waals surface area (Å²) in [4.78, 5) is 12.2. The number of benzene rings is 1. The third-order valence-corrected chi connectivity index (χ3v) is 5.80. The van der Waals surface area contributed by atoms with Crippen LogP contribution in [0.3, 0.4) is 0 Å². The standard InChI is InChI=1S/C17H25NO3S/c1-12-8-9-16(21-3)14(10-12)11-22(20)13(2)17(19)18-15-6-4-5-7-15/h8-10,13,15H,4-7,11H2,1-3H3,(H,18,19)/t13-,22+/m1/s1. The van der Waals surface area contributed by atoms with E-state index in [0.717, 1.165) is 29.7 Å². The van der Waals surface area contributed by atoms with E-state index >= 15 is 0 Å². The summed E-state index contributed by atoms with van der Waals surface area (Å²) in [6.45, 7) is 3.73. The van der Waals surface area contributed by atoms with Crippen molar-refractivity contribution in [3.63, 3.8) is 0 Å². The zero-order valence-electron chi connectivity index (χ0n) is 13.6. The smallest absolute Gasteiger partial charge is 0.235 e. The lowest BCUT2D eigenvalue weighted by Crippen LogP contribution is -2.40. The molecule has 1 aliphatic carbocycles. The lowest BCUT2D eigenvalue weighted by atomic mass is 10.1. The second kappa shape index (κ2) is 7.77. The number of rotatable bonds is 6. The lowest BCUT2D eigenvalue weighted by molar-refractivity contribution is -0.121. The fraction of sp³-hybridized carbons (Fsp3) is 0.588. The maximum absolute atomic E-state index is 12.5. The van der Waals surface area contributed by atoms with E-state index in [0.29, 0.717) is 5.75 Å². The van der Waals surface area contributed by atoms with E-state index in [1.807, 2.05) is 25.1 Å². The average Bonchev–Trinajstić information content (AvgIpc) is 2.99. The molecule has 1 saturated carbocycles. The molecule has 1 aliphatic rings. The van der Waals surface area contributed by atoms with E-state index in [4.69, 9.17) is 4.74 Å². The van der Waals surface area contributed by atoms with Crippen LogP contribution in [0.5, 0.6) is 5.75 Å². The highest BCUT2D eigenvalue weighted by Crippen LogP contribution is 2.22. The van der Waals surface area contributed by atoms with E-state index in [-0.39, 0.29) is 11.9 Å². The fourth-order valence-electron chi connectivity index (χ4n) is 2.81. The van der Waals surface area contributed by atoms with Crippen LogP contribution in [-0.4, -0.2) is 28.5 Å². The molecule has 1 amide bonds. The number of aryl methyl sites for hydroxylation is 1. The van der Waals surface area contributed by atoms with Crippen molar-refractivity contribution in [2.45, 2.75) is 56.6 Å². The summed E-state index contributed by atoms with van der Waals surface area (Å²) in [7, 11) is 0.346. The molecular formula is C17H25NO3S. The van der Waals surface area contributed by atoms with Crippen LogP contribution in [0.4, 0.5) is 0 Å². The Morgan fingerprint density at radius 1 is 1.41 bits per heavy atom. The minimum absolute atomic E-state index is 0.100. The van der Waals surface area contributed by atoms with Crippen LogP contribution in [0.25, 0.3) is 0 Å². The van der Waals surface area contributed by atoms with Gasteiger partial charge in [-0.25, -0.2) is 0 Å². The highest BCUT2D eigenvalue weighted by molar-refractivity contribution is 7.85. The molecule has 1 aromatic rings. The number of carbonyl (C=O) groups is 1. The van der Waals surface area contributed by atoms with Gasteiger partial charge in [0.25, 0.3) is 0 Å². The highest BCUT2D eigenvalue weighted by Gasteiger charge is 2.25. The Morgan fingerprint density at radius 3 is 2.73 bits per heavy atom. The molecule has 122 valence electrons. The first-order valence-electron chi connectivity index (χ1n) is 7.82. The third-order valence-electron chi connectivity index (χ3n) is 4.20. The zero-order chi connectivity index (χ0) is 16.1. The molecule has 2 rings (SSSR count). The van der Waals surface area contributed by atoms with Gasteiger partial charge in [-0.2, -0.15) is 0 Å². The molecule has 1 aromatic carbocycles. The predicted octanol–water partition coefficient (Wildman–Crippen LogP) is 2.70. The summed E-state index contributed by atoms with van der Waals surface area (Å²) in [6, 6.07) is 6.07. The van der Waals surface area contributed by atoms with E-state index in [2.05, 4.69) is 5.32 Å². The van der Waals surface area contributed by atoms with Gasteiger partial charge in [0.15, 0.2) is 0 Å². The summed E-state index contributed by atoms with van der Waals surface area (Å²) in [5.74, 6) is 0.962. The van der Waals surface area contributed by atoms with Gasteiger partial charge in [0.05, 0.1) is 12.9 Å². The molecular weight excluding hydrogens is 298 g/mol. The number of nitrogens with one attached hydrogen (secondary N) is 1. The monoisotopic (exact) mass is 323 g/mol. The normalized spacial score (nSPS) is 18.0. The van der Waals surface area contributed by atoms with E-state index in [1.165, 1.54) is 12.8 Å². The quantitative estimate of drug-likeness (QED) is 0.876. The van der Waals surface area contributed by atoms with Crippen molar-refractivity contribution in [3.8, 4) is 5.75 Å². The van der Waals surface area contributed by atoms with Crippen LogP contribution in [0.1, 0.15) is 43.7 Å². The number of methoxy groups -OCH3 is 1. The first-order valence-corrected chi connectivity index (χ1v) is 9.20. The van der Waals surface area contributed by atoms with Crippen LogP contribution in [-0.2, 0) is 21.3 Å². The molecule has 22 heavy (non-hydrogen) atoms. The van der Waals surface area contributed by atoms with E-state index < -0.39 is 16.0 Å². The maximum Gasteiger partial charge on any atom is 0.235 e. The molecule has 4 nitrogen and oxygen atoms in total. The van der Waals surface area contributed by atoms with Gasteiger partial charge < -0.3 is 10.1 Å². The van der Waals surface area contributed by atoms with Crippen molar-refractivity contribution in [3.05, 3.63) is 29.3 Å². The molecule has 2 atom stereocenters. The van der Waals surface area contributed by atoms with Crippen LogP contribution >= 0.6 is 0 Å². The molecule has 0 heterocycles. The van der Waals surface area contributed by atoms with Gasteiger partial charge in [0, 0.05) is 22.4 Å². The van der Waals surface area contributed by atoms with Crippen molar-refractivity contribution in [1.82, 2.24) is 5.32 Å². The summed E-state index contributed by atoms with van der Waals surface area (Å²) in [5, 5.41) is 2.51. The lowest BCUT2D eigenvalue weighted by Gasteiger charge is -2.17. The van der Waals surface area contributed by atoms with Crippen molar-refractivity contribution in [1.29, 1.82) is 0 Å². The van der Waals surface area contributed by atoms with E-state index in [9.17, 15) is 9.00 Å². The van der Waals surface area contributed by atoms with E-state index in [1.54, 1.807) is 14.0 Å². The second-order valence-electron chi connectivity index (χ2n) is 5.97. The molecule has 0 bridgehead atoms. The topological polar surface area (TPSA) is 55.4 Å². The Labute approximate surface area is 135 Å². The maximum atomic E-state index is 12.5. The highest BCUT2D eigenvalue weighted by atomic mass is 32.2. The van der Waals surface area contributed by atoms with Gasteiger partial charge in [0.1, 0.15) is 11.0 Å². The Balaban J connectivity index is 1.98. The molecule has 5 heteroatoms. The first kappa shape index (κ1) is 17.0. The molecule has 0 aliphatic heterocycles. The minimum Gasteiger partial charge on any atom is -0.496 e. The summed E-state index contributed by atoms with van der Waals surface area (Å²) >= 11 is 0. The number of hydrogen-bond acceptors (Lipinski definition) is 3. The third kappa shape index (κ3) is 4.32. The predicted molar refractivity (Wildman–Crippen MR) is 89.4 cm³/mol. The van der Waals surface area contributed by atoms with Crippen molar-refractivity contribution >= 4 is 16.7 Å². The molecule has 0 aromatic heterocycles. The van der Waals surface area contributed by atoms with Crippen molar-refractivity contribution < 1.29 is 13.7 Å². The molecule has 1 fully saturated rings. The van der Waals surface area contributed by atoms with Crippen LogP contribution < -0.4 is 10.1 Å². The molecule has 0 spiro atoms. The van der Waals surface area contributed by atoms with Crippen LogP contribution in [0.2, 0.25) is 0 Å². The molecule has 0 radical (unpaired) electrons. The Bertz CT molecular complexity index is 553. The fourth-order valence-corrected chi connectivity index (χ4v) is 3.90. The van der Waals surface area contributed by atoms with Gasteiger partial charge >= 0.3 is 0 Å². The van der Waals surface area contributed by atoms with Crippen molar-refractivity contribution in [2.24, 2.45) is 0 Å².